The molecule has 1 aromatic carbocycles. The number of rotatable bonds is 6. The number of benzene rings is 1. The van der Waals surface area contributed by atoms with Crippen LogP contribution < -0.4 is 5.32 Å². The molecule has 0 spiro atoms. The molecule has 23 heavy (non-hydrogen) atoms. The highest BCUT2D eigenvalue weighted by Crippen LogP contribution is 2.22. The molecule has 1 saturated heterocycles. The zero-order chi connectivity index (χ0) is 16.7. The lowest BCUT2D eigenvalue weighted by Gasteiger charge is -2.23. The summed E-state index contributed by atoms with van der Waals surface area (Å²) in [6, 6.07) is 7.60. The Morgan fingerprint density at radius 1 is 1.35 bits per heavy atom. The average molecular weight is 316 g/mol. The highest BCUT2D eigenvalue weighted by Gasteiger charge is 2.26. The Balaban J connectivity index is 1.93. The highest BCUT2D eigenvalue weighted by molar-refractivity contribution is 5.92. The second-order valence-electron chi connectivity index (χ2n) is 5.83. The minimum Gasteiger partial charge on any atom is -0.396 e. The Kier molecular flexibility index (Phi) is 6.35. The fourth-order valence-electron chi connectivity index (χ4n) is 2.90. The summed E-state index contributed by atoms with van der Waals surface area (Å²) in [6.07, 6.45) is 7.04. The van der Waals surface area contributed by atoms with Crippen LogP contribution in [0.5, 0.6) is 0 Å². The Morgan fingerprint density at radius 3 is 2.74 bits per heavy atom. The molecule has 0 aromatic heterocycles. The van der Waals surface area contributed by atoms with Crippen LogP contribution >= 0.6 is 0 Å². The fraction of sp³-hybridized carbons (Fsp3) is 0.444. The quantitative estimate of drug-likeness (QED) is 0.792. The van der Waals surface area contributed by atoms with Crippen LogP contribution in [0.4, 0.5) is 5.69 Å². The van der Waals surface area contributed by atoms with E-state index in [9.17, 15) is 9.59 Å². The van der Waals surface area contributed by atoms with Crippen LogP contribution in [0.25, 0.3) is 6.08 Å². The molecule has 0 bridgehead atoms. The van der Waals surface area contributed by atoms with E-state index in [0.29, 0.717) is 0 Å². The Bertz CT molecular complexity index is 566. The Hall–Kier alpha value is -2.14. The summed E-state index contributed by atoms with van der Waals surface area (Å²) in [6.45, 7) is 2.44. The van der Waals surface area contributed by atoms with Gasteiger partial charge in [-0.2, -0.15) is 0 Å². The summed E-state index contributed by atoms with van der Waals surface area (Å²) in [7, 11) is 0. The number of amides is 2. The lowest BCUT2D eigenvalue weighted by molar-refractivity contribution is -0.126. The zero-order valence-electron chi connectivity index (χ0n) is 13.5. The number of likely N-dealkylation sites (tertiary alicyclic amines) is 1. The van der Waals surface area contributed by atoms with E-state index >= 15 is 0 Å². The minimum atomic E-state index is -0.105. The van der Waals surface area contributed by atoms with Gasteiger partial charge in [-0.25, -0.2) is 0 Å². The van der Waals surface area contributed by atoms with Crippen molar-refractivity contribution in [3.05, 3.63) is 35.9 Å². The summed E-state index contributed by atoms with van der Waals surface area (Å²) in [5.74, 6) is -0.0807. The van der Waals surface area contributed by atoms with Crippen LogP contribution in [0.2, 0.25) is 0 Å². The predicted octanol–water partition coefficient (Wildman–Crippen LogP) is 2.42. The van der Waals surface area contributed by atoms with Gasteiger partial charge in [-0.05, 0) is 49.5 Å². The van der Waals surface area contributed by atoms with Crippen LogP contribution in [0.3, 0.4) is 0 Å². The highest BCUT2D eigenvalue weighted by atomic mass is 16.3. The zero-order valence-corrected chi connectivity index (χ0v) is 13.5. The van der Waals surface area contributed by atoms with Gasteiger partial charge < -0.3 is 15.3 Å². The molecule has 2 N–H and O–H groups in total. The maximum Gasteiger partial charge on any atom is 0.246 e. The van der Waals surface area contributed by atoms with Gasteiger partial charge in [0, 0.05) is 37.9 Å². The van der Waals surface area contributed by atoms with E-state index in [1.54, 1.807) is 12.2 Å². The first-order chi connectivity index (χ1) is 11.1. The molecule has 124 valence electrons. The number of hydrogen-bond acceptors (Lipinski definition) is 3. The molecule has 1 fully saturated rings. The number of nitrogens with zero attached hydrogens (tertiary/aromatic N) is 1. The molecule has 1 aliphatic heterocycles. The number of carbonyl (C=O) groups is 2. The topological polar surface area (TPSA) is 69.6 Å². The molecule has 1 unspecified atom stereocenters. The lowest BCUT2D eigenvalue weighted by atomic mass is 10.1. The van der Waals surface area contributed by atoms with Crippen LogP contribution in [-0.4, -0.2) is 41.0 Å². The van der Waals surface area contributed by atoms with E-state index in [4.69, 9.17) is 5.11 Å². The lowest BCUT2D eigenvalue weighted by Crippen LogP contribution is -2.34. The van der Waals surface area contributed by atoms with E-state index < -0.39 is 0 Å². The van der Waals surface area contributed by atoms with Gasteiger partial charge in [0.1, 0.15) is 0 Å². The van der Waals surface area contributed by atoms with Crippen LogP contribution in [0, 0.1) is 0 Å². The number of hydrogen-bond donors (Lipinski definition) is 2. The van der Waals surface area contributed by atoms with Crippen molar-refractivity contribution >= 4 is 23.6 Å². The van der Waals surface area contributed by atoms with E-state index in [1.165, 1.54) is 6.92 Å². The van der Waals surface area contributed by atoms with Crippen molar-refractivity contribution in [2.45, 2.75) is 38.6 Å². The van der Waals surface area contributed by atoms with Gasteiger partial charge in [0.25, 0.3) is 0 Å². The summed E-state index contributed by atoms with van der Waals surface area (Å²) in [5.41, 5.74) is 1.66. The van der Waals surface area contributed by atoms with Gasteiger partial charge in [0.15, 0.2) is 0 Å². The van der Waals surface area contributed by atoms with Crippen LogP contribution in [0.15, 0.2) is 30.3 Å². The Labute approximate surface area is 137 Å². The smallest absolute Gasteiger partial charge is 0.246 e. The number of anilines is 1. The standard InChI is InChI=1S/C18H24N2O3/c1-14(22)19-16-9-6-15(7-10-16)8-11-18(23)20-12-2-4-17(20)5-3-13-21/h6-11,17,21H,2-5,12-13H2,1H3,(H,19,22)/b11-8+. The van der Waals surface area contributed by atoms with Gasteiger partial charge in [-0.15, -0.1) is 0 Å². The number of nitrogens with one attached hydrogen (secondary N) is 1. The van der Waals surface area contributed by atoms with Gasteiger partial charge in [0.05, 0.1) is 0 Å². The third-order valence-electron chi connectivity index (χ3n) is 4.01. The molecule has 2 rings (SSSR count). The van der Waals surface area contributed by atoms with Crippen molar-refractivity contribution in [2.75, 3.05) is 18.5 Å². The van der Waals surface area contributed by atoms with Gasteiger partial charge in [-0.1, -0.05) is 12.1 Å². The van der Waals surface area contributed by atoms with Crippen LogP contribution in [-0.2, 0) is 9.59 Å². The van der Waals surface area contributed by atoms with E-state index in [0.717, 1.165) is 43.5 Å². The van der Waals surface area contributed by atoms with Crippen molar-refractivity contribution in [1.82, 2.24) is 4.90 Å². The van der Waals surface area contributed by atoms with Gasteiger partial charge >= 0.3 is 0 Å². The van der Waals surface area contributed by atoms with E-state index in [1.807, 2.05) is 29.2 Å². The van der Waals surface area contributed by atoms with Gasteiger partial charge in [-0.3, -0.25) is 9.59 Å². The molecular formula is C18H24N2O3. The minimum absolute atomic E-state index is 0.0244. The first-order valence-corrected chi connectivity index (χ1v) is 8.07. The summed E-state index contributed by atoms with van der Waals surface area (Å²) < 4.78 is 0. The molecule has 1 heterocycles. The average Bonchev–Trinajstić information content (AvgIpc) is 3.00. The van der Waals surface area contributed by atoms with E-state index in [-0.39, 0.29) is 24.5 Å². The van der Waals surface area contributed by atoms with Crippen molar-refractivity contribution in [2.24, 2.45) is 0 Å². The summed E-state index contributed by atoms with van der Waals surface area (Å²) >= 11 is 0. The van der Waals surface area contributed by atoms with Crippen LogP contribution in [0.1, 0.15) is 38.2 Å². The van der Waals surface area contributed by atoms with Crippen molar-refractivity contribution in [3.63, 3.8) is 0 Å². The largest absolute Gasteiger partial charge is 0.396 e. The molecule has 1 aromatic rings. The Morgan fingerprint density at radius 2 is 2.09 bits per heavy atom. The predicted molar refractivity (Wildman–Crippen MR) is 90.8 cm³/mol. The van der Waals surface area contributed by atoms with Gasteiger partial charge in [0.2, 0.25) is 11.8 Å². The maximum absolute atomic E-state index is 12.3. The fourth-order valence-corrected chi connectivity index (χ4v) is 2.90. The molecule has 2 amide bonds. The molecule has 5 heteroatoms. The normalized spacial score (nSPS) is 17.7. The van der Waals surface area contributed by atoms with Crippen molar-refractivity contribution in [1.29, 1.82) is 0 Å². The molecule has 1 aliphatic rings. The van der Waals surface area contributed by atoms with Crippen molar-refractivity contribution < 1.29 is 14.7 Å². The number of aliphatic hydroxyl groups is 1. The number of aliphatic hydroxyl groups excluding tert-OH is 1. The second kappa shape index (κ2) is 8.48. The molecular weight excluding hydrogens is 292 g/mol. The third-order valence-corrected chi connectivity index (χ3v) is 4.01. The molecule has 0 saturated carbocycles. The molecule has 5 nitrogen and oxygen atoms in total. The summed E-state index contributed by atoms with van der Waals surface area (Å²) in [5, 5.41) is 11.6. The first kappa shape index (κ1) is 17.2. The third kappa shape index (κ3) is 5.21. The monoisotopic (exact) mass is 316 g/mol. The maximum atomic E-state index is 12.3. The number of carbonyl (C=O) groups excluding carboxylic acids is 2. The molecule has 1 atom stereocenters. The van der Waals surface area contributed by atoms with Crippen molar-refractivity contribution in [3.8, 4) is 0 Å². The SMILES string of the molecule is CC(=O)Nc1ccc(/C=C/C(=O)N2CCCC2CCCO)cc1. The first-order valence-electron chi connectivity index (χ1n) is 8.07. The van der Waals surface area contributed by atoms with E-state index in [2.05, 4.69) is 5.32 Å². The molecule has 0 aliphatic carbocycles. The molecule has 0 radical (unpaired) electrons. The second-order valence-corrected chi connectivity index (χ2v) is 5.83. The summed E-state index contributed by atoms with van der Waals surface area (Å²) in [4.78, 5) is 25.2.